The smallest absolute Gasteiger partial charge is 0.245 e. The Balaban J connectivity index is 1.82. The molecule has 5 nitrogen and oxygen atoms in total. The van der Waals surface area contributed by atoms with Gasteiger partial charge in [-0.1, -0.05) is 5.16 Å². The van der Waals surface area contributed by atoms with E-state index in [1.54, 1.807) is 12.1 Å². The molecular formula is C12H13FN4O. The van der Waals surface area contributed by atoms with Crippen molar-refractivity contribution < 1.29 is 8.91 Å². The van der Waals surface area contributed by atoms with Crippen molar-refractivity contribution in [2.24, 2.45) is 0 Å². The minimum absolute atomic E-state index is 0.0421. The maximum Gasteiger partial charge on any atom is 0.245 e. The fraction of sp³-hybridized carbons (Fsp3) is 0.333. The van der Waals surface area contributed by atoms with Crippen LogP contribution in [0.4, 0.5) is 4.39 Å². The van der Waals surface area contributed by atoms with Crippen molar-refractivity contribution in [2.75, 3.05) is 19.6 Å². The average Bonchev–Trinajstić information content (AvgIpc) is 2.90. The molecule has 3 rings (SSSR count). The maximum atomic E-state index is 12.8. The predicted octanol–water partition coefficient (Wildman–Crippen LogP) is 1.11. The third-order valence-corrected chi connectivity index (χ3v) is 2.88. The highest BCUT2D eigenvalue weighted by Crippen LogP contribution is 2.19. The van der Waals surface area contributed by atoms with Gasteiger partial charge in [-0.15, -0.1) is 0 Å². The lowest BCUT2D eigenvalue weighted by Crippen LogP contribution is -2.42. The van der Waals surface area contributed by atoms with Gasteiger partial charge >= 0.3 is 0 Å². The lowest BCUT2D eigenvalue weighted by molar-refractivity contribution is 0.307. The summed E-state index contributed by atoms with van der Waals surface area (Å²) in [6.45, 7) is 2.58. The summed E-state index contributed by atoms with van der Waals surface area (Å²) in [6.07, 6.45) is 0. The van der Waals surface area contributed by atoms with Gasteiger partial charge in [-0.05, 0) is 24.3 Å². The molecule has 0 aliphatic carbocycles. The number of piperazine rings is 1. The number of benzene rings is 1. The van der Waals surface area contributed by atoms with Gasteiger partial charge in [-0.3, -0.25) is 0 Å². The van der Waals surface area contributed by atoms with Gasteiger partial charge < -0.3 is 15.2 Å². The fourth-order valence-corrected chi connectivity index (χ4v) is 1.92. The quantitative estimate of drug-likeness (QED) is 0.833. The molecule has 0 saturated carbocycles. The first-order chi connectivity index (χ1) is 8.83. The van der Waals surface area contributed by atoms with Gasteiger partial charge in [0.25, 0.3) is 0 Å². The Morgan fingerprint density at radius 1 is 1.22 bits per heavy atom. The molecule has 1 unspecified atom stereocenters. The van der Waals surface area contributed by atoms with E-state index in [0.29, 0.717) is 11.7 Å². The van der Waals surface area contributed by atoms with Crippen molar-refractivity contribution in [2.45, 2.75) is 6.04 Å². The summed E-state index contributed by atoms with van der Waals surface area (Å²) >= 11 is 0. The van der Waals surface area contributed by atoms with Crippen molar-refractivity contribution in [1.82, 2.24) is 20.8 Å². The fourth-order valence-electron chi connectivity index (χ4n) is 1.92. The summed E-state index contributed by atoms with van der Waals surface area (Å²) < 4.78 is 18.0. The Morgan fingerprint density at radius 3 is 2.78 bits per heavy atom. The normalized spacial score (nSPS) is 19.9. The Kier molecular flexibility index (Phi) is 3.04. The van der Waals surface area contributed by atoms with Gasteiger partial charge in [-0.25, -0.2) is 4.39 Å². The van der Waals surface area contributed by atoms with Crippen molar-refractivity contribution in [3.63, 3.8) is 0 Å². The highest BCUT2D eigenvalue weighted by atomic mass is 19.1. The van der Waals surface area contributed by atoms with Crippen LogP contribution in [0.15, 0.2) is 28.8 Å². The van der Waals surface area contributed by atoms with Crippen LogP contribution in [-0.4, -0.2) is 29.8 Å². The maximum absolute atomic E-state index is 12.8. The minimum atomic E-state index is -0.277. The molecule has 18 heavy (non-hydrogen) atoms. The van der Waals surface area contributed by atoms with E-state index < -0.39 is 0 Å². The van der Waals surface area contributed by atoms with Gasteiger partial charge in [0, 0.05) is 25.2 Å². The van der Waals surface area contributed by atoms with Crippen molar-refractivity contribution >= 4 is 0 Å². The molecule has 1 aliphatic rings. The van der Waals surface area contributed by atoms with E-state index in [0.717, 1.165) is 25.2 Å². The number of halogens is 1. The summed E-state index contributed by atoms with van der Waals surface area (Å²) in [6, 6.07) is 6.07. The summed E-state index contributed by atoms with van der Waals surface area (Å²) in [5.74, 6) is 0.763. The molecule has 94 valence electrons. The summed E-state index contributed by atoms with van der Waals surface area (Å²) in [5, 5.41) is 10.5. The van der Waals surface area contributed by atoms with Crippen molar-refractivity contribution in [1.29, 1.82) is 0 Å². The minimum Gasteiger partial charge on any atom is -0.337 e. The van der Waals surface area contributed by atoms with Gasteiger partial charge in [-0.2, -0.15) is 4.98 Å². The molecular weight excluding hydrogens is 235 g/mol. The van der Waals surface area contributed by atoms with Crippen molar-refractivity contribution in [3.8, 4) is 11.4 Å². The van der Waals surface area contributed by atoms with Crippen LogP contribution in [0.3, 0.4) is 0 Å². The van der Waals surface area contributed by atoms with Gasteiger partial charge in [0.15, 0.2) is 0 Å². The van der Waals surface area contributed by atoms with E-state index in [9.17, 15) is 4.39 Å². The van der Waals surface area contributed by atoms with Crippen LogP contribution >= 0.6 is 0 Å². The van der Waals surface area contributed by atoms with Gasteiger partial charge in [0.1, 0.15) is 5.82 Å². The largest absolute Gasteiger partial charge is 0.337 e. The van der Waals surface area contributed by atoms with Gasteiger partial charge in [0.05, 0.1) is 6.04 Å². The van der Waals surface area contributed by atoms with Crippen LogP contribution in [0.25, 0.3) is 11.4 Å². The Bertz CT molecular complexity index is 519. The molecule has 0 radical (unpaired) electrons. The second-order valence-corrected chi connectivity index (χ2v) is 4.17. The zero-order valence-electron chi connectivity index (χ0n) is 9.69. The molecule has 0 bridgehead atoms. The molecule has 1 fully saturated rings. The first-order valence-electron chi connectivity index (χ1n) is 5.86. The Labute approximate surface area is 103 Å². The molecule has 1 aliphatic heterocycles. The van der Waals surface area contributed by atoms with Crippen LogP contribution in [-0.2, 0) is 0 Å². The predicted molar refractivity (Wildman–Crippen MR) is 63.3 cm³/mol. The molecule has 1 aromatic carbocycles. The Hall–Kier alpha value is -1.79. The van der Waals surface area contributed by atoms with E-state index >= 15 is 0 Å². The summed E-state index contributed by atoms with van der Waals surface area (Å²) in [5.41, 5.74) is 0.746. The molecule has 2 aromatic rings. The number of nitrogens with one attached hydrogen (secondary N) is 2. The SMILES string of the molecule is Fc1ccc(-c2noc(C3CNCCN3)n2)cc1. The third-order valence-electron chi connectivity index (χ3n) is 2.88. The van der Waals surface area contributed by atoms with E-state index in [1.165, 1.54) is 12.1 Å². The van der Waals surface area contributed by atoms with Crippen LogP contribution in [0, 0.1) is 5.82 Å². The second-order valence-electron chi connectivity index (χ2n) is 4.17. The lowest BCUT2D eigenvalue weighted by Gasteiger charge is -2.20. The molecule has 1 atom stereocenters. The van der Waals surface area contributed by atoms with Crippen LogP contribution in [0.1, 0.15) is 11.9 Å². The topological polar surface area (TPSA) is 63.0 Å². The van der Waals surface area contributed by atoms with Crippen LogP contribution < -0.4 is 10.6 Å². The van der Waals surface area contributed by atoms with Crippen molar-refractivity contribution in [3.05, 3.63) is 36.0 Å². The highest BCUT2D eigenvalue weighted by Gasteiger charge is 2.21. The molecule has 2 N–H and O–H groups in total. The summed E-state index contributed by atoms with van der Waals surface area (Å²) in [4.78, 5) is 4.33. The first-order valence-corrected chi connectivity index (χ1v) is 5.86. The molecule has 0 amide bonds. The number of aromatic nitrogens is 2. The van der Waals surface area contributed by atoms with Crippen LogP contribution in [0.5, 0.6) is 0 Å². The number of hydrogen-bond donors (Lipinski definition) is 2. The average molecular weight is 248 g/mol. The van der Waals surface area contributed by atoms with Crippen LogP contribution in [0.2, 0.25) is 0 Å². The zero-order valence-corrected chi connectivity index (χ0v) is 9.69. The number of nitrogens with zero attached hydrogens (tertiary/aromatic N) is 2. The monoisotopic (exact) mass is 248 g/mol. The molecule has 1 saturated heterocycles. The Morgan fingerprint density at radius 2 is 2.06 bits per heavy atom. The highest BCUT2D eigenvalue weighted by molar-refractivity contribution is 5.53. The zero-order chi connectivity index (χ0) is 12.4. The van der Waals surface area contributed by atoms with Gasteiger partial charge in [0.2, 0.25) is 11.7 Å². The lowest BCUT2D eigenvalue weighted by atomic mass is 10.2. The molecule has 1 aromatic heterocycles. The standard InChI is InChI=1S/C12H13FN4O/c13-9-3-1-8(2-4-9)11-16-12(18-17-11)10-7-14-5-6-15-10/h1-4,10,14-15H,5-7H2. The molecule has 0 spiro atoms. The number of rotatable bonds is 2. The van der Waals surface area contributed by atoms with E-state index in [2.05, 4.69) is 20.8 Å². The third kappa shape index (κ3) is 2.25. The first kappa shape index (κ1) is 11.3. The molecule has 2 heterocycles. The van der Waals surface area contributed by atoms with E-state index in [4.69, 9.17) is 4.52 Å². The second kappa shape index (κ2) is 4.83. The summed E-state index contributed by atoms with van der Waals surface area (Å²) in [7, 11) is 0. The molecule has 6 heteroatoms. The number of hydrogen-bond acceptors (Lipinski definition) is 5. The van der Waals surface area contributed by atoms with E-state index in [-0.39, 0.29) is 11.9 Å². The van der Waals surface area contributed by atoms with E-state index in [1.807, 2.05) is 0 Å².